The zero-order valence-corrected chi connectivity index (χ0v) is 18.4. The quantitative estimate of drug-likeness (QED) is 0.466. The molecular formula is C20H18BrN4O3S+. The fourth-order valence-corrected chi connectivity index (χ4v) is 4.35. The van der Waals surface area contributed by atoms with Crippen molar-refractivity contribution < 1.29 is 14.2 Å². The van der Waals surface area contributed by atoms with E-state index in [1.54, 1.807) is 16.7 Å². The number of benzene rings is 2. The number of H-pyrrole nitrogens is 1. The molecular weight excluding hydrogens is 456 g/mol. The second-order valence-corrected chi connectivity index (χ2v) is 8.07. The predicted molar refractivity (Wildman–Crippen MR) is 114 cm³/mol. The molecule has 7 nitrogen and oxygen atoms in total. The molecule has 1 amide bonds. The van der Waals surface area contributed by atoms with E-state index < -0.39 is 6.17 Å². The zero-order chi connectivity index (χ0) is 20.7. The molecule has 3 aromatic rings. The SMILES string of the molecule is COc1ccc(Br)c([C@@H]2N(C(C)=O)c3ccccc3-c3c(=O)[nH]c(SC)n[n+]32)c1. The summed E-state index contributed by atoms with van der Waals surface area (Å²) < 4.78 is 7.79. The topological polar surface area (TPSA) is 79.2 Å². The number of methoxy groups -OCH3 is 1. The van der Waals surface area contributed by atoms with Gasteiger partial charge in [0.05, 0.1) is 23.9 Å². The van der Waals surface area contributed by atoms with Crippen LogP contribution >= 0.6 is 27.7 Å². The van der Waals surface area contributed by atoms with E-state index in [4.69, 9.17) is 4.74 Å². The number of hydrogen-bond donors (Lipinski definition) is 1. The Morgan fingerprint density at radius 3 is 2.76 bits per heavy atom. The normalized spacial score (nSPS) is 14.9. The van der Waals surface area contributed by atoms with Crippen molar-refractivity contribution >= 4 is 39.3 Å². The molecule has 0 radical (unpaired) electrons. The van der Waals surface area contributed by atoms with Crippen LogP contribution in [0.1, 0.15) is 18.7 Å². The maximum absolute atomic E-state index is 13.0. The first-order chi connectivity index (χ1) is 14.0. The number of ether oxygens (including phenoxy) is 1. The predicted octanol–water partition coefficient (Wildman–Crippen LogP) is 3.13. The van der Waals surface area contributed by atoms with Crippen LogP contribution in [0, 0.1) is 0 Å². The summed E-state index contributed by atoms with van der Waals surface area (Å²) in [7, 11) is 1.59. The van der Waals surface area contributed by atoms with Gasteiger partial charge >= 0.3 is 11.3 Å². The molecule has 0 saturated carbocycles. The minimum atomic E-state index is -0.657. The molecule has 4 rings (SSSR count). The second-order valence-electron chi connectivity index (χ2n) is 6.42. The van der Waals surface area contributed by atoms with Crippen molar-refractivity contribution in [2.45, 2.75) is 18.2 Å². The van der Waals surface area contributed by atoms with Gasteiger partial charge in [-0.3, -0.25) is 14.6 Å². The van der Waals surface area contributed by atoms with Crippen LogP contribution in [0.15, 0.2) is 56.9 Å². The van der Waals surface area contributed by atoms with Gasteiger partial charge in [-0.2, -0.15) is 0 Å². The number of nitrogens with zero attached hydrogens (tertiary/aromatic N) is 3. The van der Waals surface area contributed by atoms with Gasteiger partial charge in [-0.25, -0.2) is 4.90 Å². The van der Waals surface area contributed by atoms with Gasteiger partial charge in [-0.15, -0.1) is 0 Å². The summed E-state index contributed by atoms with van der Waals surface area (Å²) in [5, 5.41) is 5.11. The average Bonchev–Trinajstić information content (AvgIpc) is 2.72. The Morgan fingerprint density at radius 1 is 1.31 bits per heavy atom. The maximum atomic E-state index is 13.0. The summed E-state index contributed by atoms with van der Waals surface area (Å²) in [6.45, 7) is 1.51. The largest absolute Gasteiger partial charge is 0.497 e. The number of aromatic nitrogens is 3. The van der Waals surface area contributed by atoms with Crippen LogP contribution in [0.5, 0.6) is 5.75 Å². The summed E-state index contributed by atoms with van der Waals surface area (Å²) in [6.07, 6.45) is 1.18. The monoisotopic (exact) mass is 473 g/mol. The first-order valence-electron chi connectivity index (χ1n) is 8.79. The molecule has 0 aliphatic carbocycles. The van der Waals surface area contributed by atoms with E-state index in [0.717, 1.165) is 10.0 Å². The standard InChI is InChI=1S/C20H17BrN4O3S/c1-11(26)24-16-7-5-4-6-13(16)17-18(27)22-20(29-3)23-25(17)19(24)14-10-12(28-2)8-9-15(14)21/h4-10,19H,1-3H3/p+1/t19-/m1/s1. The Kier molecular flexibility index (Phi) is 5.18. The molecule has 148 valence electrons. The van der Waals surface area contributed by atoms with Crippen LogP contribution in [0.4, 0.5) is 5.69 Å². The molecule has 2 aromatic carbocycles. The van der Waals surface area contributed by atoms with Gasteiger partial charge in [0.1, 0.15) is 5.75 Å². The highest BCUT2D eigenvalue weighted by Gasteiger charge is 2.45. The molecule has 1 N–H and O–H groups in total. The minimum Gasteiger partial charge on any atom is -0.497 e. The van der Waals surface area contributed by atoms with Crippen molar-refractivity contribution in [3.8, 4) is 17.0 Å². The summed E-state index contributed by atoms with van der Waals surface area (Å²) in [5.41, 5.74) is 2.20. The highest BCUT2D eigenvalue weighted by molar-refractivity contribution is 9.10. The minimum absolute atomic E-state index is 0.164. The Hall–Kier alpha value is -2.65. The van der Waals surface area contributed by atoms with Crippen LogP contribution < -0.4 is 19.9 Å². The van der Waals surface area contributed by atoms with Crippen molar-refractivity contribution in [2.24, 2.45) is 0 Å². The number of aromatic amines is 1. The van der Waals surface area contributed by atoms with E-state index in [1.165, 1.54) is 18.7 Å². The Bertz CT molecular complexity index is 1180. The molecule has 1 aliphatic rings. The number of carbonyl (C=O) groups excluding carboxylic acids is 1. The van der Waals surface area contributed by atoms with E-state index in [1.807, 2.05) is 48.7 Å². The van der Waals surface area contributed by atoms with E-state index in [9.17, 15) is 9.59 Å². The Morgan fingerprint density at radius 2 is 2.07 bits per heavy atom. The summed E-state index contributed by atoms with van der Waals surface area (Å²) >= 11 is 4.92. The third kappa shape index (κ3) is 3.24. The molecule has 1 aliphatic heterocycles. The number of thioether (sulfide) groups is 1. The van der Waals surface area contributed by atoms with Gasteiger partial charge in [-0.1, -0.05) is 39.8 Å². The van der Waals surface area contributed by atoms with Gasteiger partial charge in [0.15, 0.2) is 0 Å². The number of amides is 1. The number of hydrogen-bond acceptors (Lipinski definition) is 5. The van der Waals surface area contributed by atoms with E-state index in [0.29, 0.717) is 27.9 Å². The third-order valence-electron chi connectivity index (χ3n) is 4.77. The number of nitrogens with one attached hydrogen (secondary N) is 1. The van der Waals surface area contributed by atoms with E-state index >= 15 is 0 Å². The molecule has 0 fully saturated rings. The number of halogens is 1. The van der Waals surface area contributed by atoms with Crippen LogP contribution in [-0.4, -0.2) is 29.4 Å². The van der Waals surface area contributed by atoms with Crippen LogP contribution in [0.3, 0.4) is 0 Å². The lowest BCUT2D eigenvalue weighted by atomic mass is 10.0. The summed E-state index contributed by atoms with van der Waals surface area (Å²) in [4.78, 5) is 30.3. The van der Waals surface area contributed by atoms with Crippen LogP contribution in [0.2, 0.25) is 0 Å². The van der Waals surface area contributed by atoms with Gasteiger partial charge in [0.2, 0.25) is 11.1 Å². The molecule has 0 bridgehead atoms. The van der Waals surface area contributed by atoms with Crippen molar-refractivity contribution in [1.82, 2.24) is 10.1 Å². The molecule has 0 unspecified atom stereocenters. The zero-order valence-electron chi connectivity index (χ0n) is 16.0. The number of para-hydroxylation sites is 1. The fraction of sp³-hybridized carbons (Fsp3) is 0.200. The molecule has 9 heteroatoms. The second kappa shape index (κ2) is 7.64. The number of fused-ring (bicyclic) bond motifs is 3. The van der Waals surface area contributed by atoms with Gasteiger partial charge < -0.3 is 4.74 Å². The Labute approximate surface area is 179 Å². The molecule has 0 spiro atoms. The number of anilines is 1. The average molecular weight is 474 g/mol. The highest BCUT2D eigenvalue weighted by Crippen LogP contribution is 2.39. The van der Waals surface area contributed by atoms with E-state index in [-0.39, 0.29) is 11.5 Å². The molecule has 1 atom stereocenters. The van der Waals surface area contributed by atoms with Crippen molar-refractivity contribution in [3.05, 3.63) is 62.9 Å². The third-order valence-corrected chi connectivity index (χ3v) is 6.06. The lowest BCUT2D eigenvalue weighted by molar-refractivity contribution is -0.763. The molecule has 0 saturated heterocycles. The van der Waals surface area contributed by atoms with E-state index in [2.05, 4.69) is 26.0 Å². The molecule has 1 aromatic heterocycles. The molecule has 2 heterocycles. The van der Waals surface area contributed by atoms with Crippen LogP contribution in [0.25, 0.3) is 11.3 Å². The lowest BCUT2D eigenvalue weighted by Gasteiger charge is -2.31. The lowest BCUT2D eigenvalue weighted by Crippen LogP contribution is -2.60. The number of carbonyl (C=O) groups is 1. The first kappa shape index (κ1) is 19.7. The van der Waals surface area contributed by atoms with Gasteiger partial charge in [0.25, 0.3) is 6.17 Å². The first-order valence-corrected chi connectivity index (χ1v) is 10.8. The van der Waals surface area contributed by atoms with Crippen LogP contribution in [-0.2, 0) is 4.79 Å². The number of rotatable bonds is 3. The maximum Gasteiger partial charge on any atom is 0.325 e. The Balaban J connectivity index is 2.11. The smallest absolute Gasteiger partial charge is 0.325 e. The van der Waals surface area contributed by atoms with Crippen molar-refractivity contribution in [3.63, 3.8) is 0 Å². The highest BCUT2D eigenvalue weighted by atomic mass is 79.9. The summed E-state index contributed by atoms with van der Waals surface area (Å²) in [5.74, 6) is 0.478. The van der Waals surface area contributed by atoms with Gasteiger partial charge in [-0.05, 0) is 41.3 Å². The van der Waals surface area contributed by atoms with Gasteiger partial charge in [0, 0.05) is 16.5 Å². The van der Waals surface area contributed by atoms with Crippen molar-refractivity contribution in [1.29, 1.82) is 0 Å². The summed E-state index contributed by atoms with van der Waals surface area (Å²) in [6, 6.07) is 12.9. The fourth-order valence-electron chi connectivity index (χ4n) is 3.53. The molecule has 29 heavy (non-hydrogen) atoms. The van der Waals surface area contributed by atoms with Crippen molar-refractivity contribution in [2.75, 3.05) is 18.3 Å².